The van der Waals surface area contributed by atoms with Crippen LogP contribution >= 0.6 is 0 Å². The highest BCUT2D eigenvalue weighted by Crippen LogP contribution is 2.41. The molecule has 0 radical (unpaired) electrons. The van der Waals surface area contributed by atoms with Gasteiger partial charge < -0.3 is 19.5 Å². The molecular formula is C12H14FNO4. The number of nitrogens with one attached hydrogen (secondary N) is 1. The second-order valence-corrected chi connectivity index (χ2v) is 3.74. The molecule has 18 heavy (non-hydrogen) atoms. The first-order valence-electron chi connectivity index (χ1n) is 5.53. The minimum Gasteiger partial charge on any atom is -0.493 e. The van der Waals surface area contributed by atoms with Gasteiger partial charge in [0, 0.05) is 6.07 Å². The van der Waals surface area contributed by atoms with E-state index in [-0.39, 0.29) is 35.1 Å². The molecule has 0 bridgehead atoms. The van der Waals surface area contributed by atoms with Crippen molar-refractivity contribution in [3.8, 4) is 17.2 Å². The molecule has 0 aliphatic carbocycles. The first-order valence-corrected chi connectivity index (χ1v) is 5.53. The number of likely N-dealkylation sites (N-methyl/N-ethyl adjacent to an activating group) is 1. The lowest BCUT2D eigenvalue weighted by Gasteiger charge is -2.22. The number of ether oxygens (including phenoxy) is 3. The van der Waals surface area contributed by atoms with Crippen molar-refractivity contribution >= 4 is 5.78 Å². The Balaban J connectivity index is 2.58. The fourth-order valence-corrected chi connectivity index (χ4v) is 1.84. The minimum atomic E-state index is -0.638. The third kappa shape index (κ3) is 2.11. The Bertz CT molecular complexity index is 476. The second-order valence-electron chi connectivity index (χ2n) is 3.74. The third-order valence-electron chi connectivity index (χ3n) is 2.56. The summed E-state index contributed by atoms with van der Waals surface area (Å²) in [5, 5.41) is 2.72. The first-order chi connectivity index (χ1) is 8.69. The predicted octanol–water partition coefficient (Wildman–Crippen LogP) is 1.01. The van der Waals surface area contributed by atoms with Crippen molar-refractivity contribution in [2.24, 2.45) is 0 Å². The number of fused-ring (bicyclic) bond motifs is 1. The van der Waals surface area contributed by atoms with Crippen molar-refractivity contribution in [2.45, 2.75) is 0 Å². The van der Waals surface area contributed by atoms with Crippen LogP contribution in [0, 0.1) is 5.82 Å². The van der Waals surface area contributed by atoms with Gasteiger partial charge in [0.05, 0.1) is 13.7 Å². The SMILES string of the molecule is CNCC(=O)c1c(OC)c(F)cc2c1OCCO2. The molecule has 0 aromatic heterocycles. The highest BCUT2D eigenvalue weighted by atomic mass is 19.1. The second kappa shape index (κ2) is 5.22. The van der Waals surface area contributed by atoms with Gasteiger partial charge in [-0.15, -0.1) is 0 Å². The Labute approximate surface area is 104 Å². The lowest BCUT2D eigenvalue weighted by atomic mass is 10.1. The van der Waals surface area contributed by atoms with E-state index in [4.69, 9.17) is 14.2 Å². The molecule has 0 atom stereocenters. The standard InChI is InChI=1S/C12H14FNO4/c1-14-6-8(15)10-11(16-2)7(13)5-9-12(10)18-4-3-17-9/h5,14H,3-4,6H2,1-2H3. The molecule has 2 rings (SSSR count). The lowest BCUT2D eigenvalue weighted by Crippen LogP contribution is -2.23. The van der Waals surface area contributed by atoms with Crippen LogP contribution in [0.2, 0.25) is 0 Å². The predicted molar refractivity (Wildman–Crippen MR) is 62.2 cm³/mol. The number of methoxy groups -OCH3 is 1. The number of hydrogen-bond donors (Lipinski definition) is 1. The zero-order valence-corrected chi connectivity index (χ0v) is 10.2. The van der Waals surface area contributed by atoms with Crippen LogP contribution in [0.3, 0.4) is 0 Å². The Hall–Kier alpha value is -1.82. The summed E-state index contributed by atoms with van der Waals surface area (Å²) in [5.74, 6) is -0.574. The van der Waals surface area contributed by atoms with Gasteiger partial charge in [0.15, 0.2) is 28.8 Å². The fourth-order valence-electron chi connectivity index (χ4n) is 1.84. The van der Waals surface area contributed by atoms with Crippen LogP contribution in [0.5, 0.6) is 17.2 Å². The number of ketones is 1. The molecule has 0 unspecified atom stereocenters. The Morgan fingerprint density at radius 2 is 2.22 bits per heavy atom. The molecular weight excluding hydrogens is 241 g/mol. The largest absolute Gasteiger partial charge is 0.493 e. The van der Waals surface area contributed by atoms with Gasteiger partial charge in [0.1, 0.15) is 18.8 Å². The third-order valence-corrected chi connectivity index (χ3v) is 2.56. The molecule has 1 aliphatic rings. The lowest BCUT2D eigenvalue weighted by molar-refractivity contribution is 0.0977. The average molecular weight is 255 g/mol. The maximum Gasteiger partial charge on any atom is 0.184 e. The Kier molecular flexibility index (Phi) is 3.66. The monoisotopic (exact) mass is 255 g/mol. The number of carbonyl (C=O) groups excluding carboxylic acids is 1. The van der Waals surface area contributed by atoms with Crippen LogP contribution in [-0.4, -0.2) is 39.7 Å². The summed E-state index contributed by atoms with van der Waals surface area (Å²) in [6, 6.07) is 1.17. The summed E-state index contributed by atoms with van der Waals surface area (Å²) in [5.41, 5.74) is 0.0848. The number of halogens is 1. The molecule has 6 heteroatoms. The smallest absolute Gasteiger partial charge is 0.184 e. The summed E-state index contributed by atoms with van der Waals surface area (Å²) in [4.78, 5) is 12.0. The quantitative estimate of drug-likeness (QED) is 0.814. The van der Waals surface area contributed by atoms with Crippen LogP contribution in [-0.2, 0) is 0 Å². The number of Topliss-reactive ketones (excluding diaryl/α,β-unsaturated/α-hetero) is 1. The molecule has 98 valence electrons. The van der Waals surface area contributed by atoms with Crippen molar-refractivity contribution in [2.75, 3.05) is 33.9 Å². The number of hydrogen-bond acceptors (Lipinski definition) is 5. The Morgan fingerprint density at radius 1 is 1.50 bits per heavy atom. The summed E-state index contributed by atoms with van der Waals surface area (Å²) < 4.78 is 29.4. The van der Waals surface area contributed by atoms with E-state index in [0.717, 1.165) is 0 Å². The average Bonchev–Trinajstić information content (AvgIpc) is 2.37. The van der Waals surface area contributed by atoms with E-state index in [0.29, 0.717) is 13.2 Å². The van der Waals surface area contributed by atoms with Gasteiger partial charge in [-0.3, -0.25) is 4.79 Å². The van der Waals surface area contributed by atoms with Gasteiger partial charge in [-0.05, 0) is 7.05 Å². The highest BCUT2D eigenvalue weighted by Gasteiger charge is 2.28. The van der Waals surface area contributed by atoms with Crippen LogP contribution < -0.4 is 19.5 Å². The number of benzene rings is 1. The fraction of sp³-hybridized carbons (Fsp3) is 0.417. The maximum atomic E-state index is 13.8. The van der Waals surface area contributed by atoms with Gasteiger partial charge in [-0.25, -0.2) is 4.39 Å². The topological polar surface area (TPSA) is 56.8 Å². The van der Waals surface area contributed by atoms with Gasteiger partial charge in [-0.2, -0.15) is 0 Å². The summed E-state index contributed by atoms with van der Waals surface area (Å²) in [7, 11) is 2.94. The van der Waals surface area contributed by atoms with Crippen molar-refractivity contribution in [3.05, 3.63) is 17.4 Å². The van der Waals surface area contributed by atoms with Crippen molar-refractivity contribution < 1.29 is 23.4 Å². The van der Waals surface area contributed by atoms with Crippen LogP contribution in [0.1, 0.15) is 10.4 Å². The van der Waals surface area contributed by atoms with E-state index in [1.54, 1.807) is 7.05 Å². The van der Waals surface area contributed by atoms with Crippen LogP contribution in [0.15, 0.2) is 6.07 Å². The molecule has 1 aromatic rings. The summed E-state index contributed by atoms with van der Waals surface area (Å²) >= 11 is 0. The molecule has 0 saturated heterocycles. The van der Waals surface area contributed by atoms with Crippen molar-refractivity contribution in [1.82, 2.24) is 5.32 Å². The van der Waals surface area contributed by atoms with E-state index >= 15 is 0 Å². The van der Waals surface area contributed by atoms with E-state index in [1.165, 1.54) is 13.2 Å². The molecule has 1 heterocycles. The van der Waals surface area contributed by atoms with Crippen molar-refractivity contribution in [1.29, 1.82) is 0 Å². The van der Waals surface area contributed by atoms with Crippen LogP contribution in [0.4, 0.5) is 4.39 Å². The first kappa shape index (κ1) is 12.6. The zero-order valence-electron chi connectivity index (χ0n) is 10.2. The van der Waals surface area contributed by atoms with Gasteiger partial charge in [-0.1, -0.05) is 0 Å². The molecule has 0 saturated carbocycles. The molecule has 5 nitrogen and oxygen atoms in total. The van der Waals surface area contributed by atoms with E-state index in [2.05, 4.69) is 5.32 Å². The Morgan fingerprint density at radius 3 is 2.89 bits per heavy atom. The van der Waals surface area contributed by atoms with E-state index in [9.17, 15) is 9.18 Å². The van der Waals surface area contributed by atoms with Crippen LogP contribution in [0.25, 0.3) is 0 Å². The normalized spacial score (nSPS) is 13.3. The van der Waals surface area contributed by atoms with Gasteiger partial charge >= 0.3 is 0 Å². The zero-order chi connectivity index (χ0) is 13.1. The molecule has 0 fully saturated rings. The molecule has 0 amide bonds. The molecule has 1 aromatic carbocycles. The number of rotatable bonds is 4. The van der Waals surface area contributed by atoms with Crippen molar-refractivity contribution in [3.63, 3.8) is 0 Å². The molecule has 1 N–H and O–H groups in total. The summed E-state index contributed by atoms with van der Waals surface area (Å²) in [6.45, 7) is 0.718. The minimum absolute atomic E-state index is 0.0651. The van der Waals surface area contributed by atoms with E-state index in [1.807, 2.05) is 0 Å². The summed E-state index contributed by atoms with van der Waals surface area (Å²) in [6.07, 6.45) is 0. The van der Waals surface area contributed by atoms with Gasteiger partial charge in [0.25, 0.3) is 0 Å². The maximum absolute atomic E-state index is 13.8. The van der Waals surface area contributed by atoms with E-state index < -0.39 is 5.82 Å². The number of carbonyl (C=O) groups is 1. The molecule has 0 spiro atoms. The highest BCUT2D eigenvalue weighted by molar-refractivity contribution is 6.03. The molecule has 1 aliphatic heterocycles. The van der Waals surface area contributed by atoms with Gasteiger partial charge in [0.2, 0.25) is 0 Å².